The van der Waals surface area contributed by atoms with E-state index < -0.39 is 0 Å². The average molecular weight is 346 g/mol. The molecule has 126 valence electrons. The Morgan fingerprint density at radius 2 is 2.25 bits per heavy atom. The lowest BCUT2D eigenvalue weighted by molar-refractivity contribution is 0.109. The predicted molar refractivity (Wildman–Crippen MR) is 89.3 cm³/mol. The van der Waals surface area contributed by atoms with Crippen molar-refractivity contribution in [3.05, 3.63) is 38.8 Å². The van der Waals surface area contributed by atoms with Crippen LogP contribution in [0.15, 0.2) is 15.6 Å². The molecule has 0 amide bonds. The zero-order valence-electron chi connectivity index (χ0n) is 13.6. The van der Waals surface area contributed by atoms with Gasteiger partial charge in [0.15, 0.2) is 5.82 Å². The summed E-state index contributed by atoms with van der Waals surface area (Å²) in [6.07, 6.45) is 5.66. The monoisotopic (exact) mass is 346 g/mol. The maximum Gasteiger partial charge on any atom is 0.262 e. The van der Waals surface area contributed by atoms with Crippen LogP contribution in [0, 0.1) is 0 Å². The van der Waals surface area contributed by atoms with E-state index in [-0.39, 0.29) is 18.2 Å². The van der Waals surface area contributed by atoms with Crippen molar-refractivity contribution in [2.24, 2.45) is 0 Å². The number of fused-ring (bicyclic) bond motifs is 3. The van der Waals surface area contributed by atoms with Gasteiger partial charge in [0.05, 0.1) is 11.7 Å². The third kappa shape index (κ3) is 2.55. The van der Waals surface area contributed by atoms with Crippen molar-refractivity contribution in [1.82, 2.24) is 19.7 Å². The summed E-state index contributed by atoms with van der Waals surface area (Å²) in [6.45, 7) is 2.06. The minimum atomic E-state index is -0.247. The molecule has 0 N–H and O–H groups in total. The molecule has 0 saturated heterocycles. The first kappa shape index (κ1) is 15.5. The second-order valence-corrected chi connectivity index (χ2v) is 7.08. The number of methoxy groups -OCH3 is 1. The summed E-state index contributed by atoms with van der Waals surface area (Å²) in [5, 5.41) is 4.66. The first-order valence-electron chi connectivity index (χ1n) is 8.02. The minimum absolute atomic E-state index is 0.0288. The number of hydrogen-bond donors (Lipinski definition) is 0. The molecule has 7 nitrogen and oxygen atoms in total. The molecule has 0 bridgehead atoms. The van der Waals surface area contributed by atoms with E-state index in [0.29, 0.717) is 11.7 Å². The Kier molecular flexibility index (Phi) is 3.93. The third-order valence-corrected chi connectivity index (χ3v) is 5.65. The van der Waals surface area contributed by atoms with Gasteiger partial charge in [0.1, 0.15) is 17.5 Å². The van der Waals surface area contributed by atoms with Crippen LogP contribution in [0.25, 0.3) is 10.2 Å². The minimum Gasteiger partial charge on any atom is -0.374 e. The van der Waals surface area contributed by atoms with Crippen molar-refractivity contribution < 1.29 is 9.26 Å². The summed E-state index contributed by atoms with van der Waals surface area (Å²) >= 11 is 1.65. The predicted octanol–water partition coefficient (Wildman–Crippen LogP) is 2.48. The van der Waals surface area contributed by atoms with Gasteiger partial charge in [0.25, 0.3) is 5.56 Å². The van der Waals surface area contributed by atoms with Crippen molar-refractivity contribution in [2.75, 3.05) is 7.11 Å². The van der Waals surface area contributed by atoms with Gasteiger partial charge in [0.2, 0.25) is 5.89 Å². The molecule has 0 aromatic carbocycles. The van der Waals surface area contributed by atoms with Crippen LogP contribution in [0.4, 0.5) is 0 Å². The van der Waals surface area contributed by atoms with E-state index in [9.17, 15) is 4.79 Å². The summed E-state index contributed by atoms with van der Waals surface area (Å²) in [5.41, 5.74) is 1.16. The Morgan fingerprint density at radius 3 is 3.08 bits per heavy atom. The van der Waals surface area contributed by atoms with Crippen molar-refractivity contribution in [3.63, 3.8) is 0 Å². The van der Waals surface area contributed by atoms with Gasteiger partial charge >= 0.3 is 0 Å². The van der Waals surface area contributed by atoms with E-state index in [1.807, 2.05) is 6.92 Å². The van der Waals surface area contributed by atoms with Gasteiger partial charge < -0.3 is 9.26 Å². The van der Waals surface area contributed by atoms with E-state index in [0.717, 1.165) is 29.5 Å². The molecule has 8 heteroatoms. The number of aryl methyl sites for hydroxylation is 2. The van der Waals surface area contributed by atoms with Crippen LogP contribution in [-0.4, -0.2) is 26.8 Å². The number of rotatable bonds is 4. The van der Waals surface area contributed by atoms with Gasteiger partial charge in [-0.1, -0.05) is 5.16 Å². The molecule has 0 spiro atoms. The summed E-state index contributed by atoms with van der Waals surface area (Å²) in [5.74, 6) is 0.851. The van der Waals surface area contributed by atoms with E-state index >= 15 is 0 Å². The number of aromatic nitrogens is 4. The lowest BCUT2D eigenvalue weighted by atomic mass is 9.97. The first-order chi connectivity index (χ1) is 11.7. The zero-order valence-corrected chi connectivity index (χ0v) is 14.4. The molecule has 0 radical (unpaired) electrons. The molecule has 3 heterocycles. The molecular formula is C16H18N4O3S. The van der Waals surface area contributed by atoms with Gasteiger partial charge in [0, 0.05) is 12.0 Å². The topological polar surface area (TPSA) is 83.0 Å². The van der Waals surface area contributed by atoms with Crippen LogP contribution in [0.3, 0.4) is 0 Å². The highest BCUT2D eigenvalue weighted by Gasteiger charge is 2.21. The molecule has 3 aromatic heterocycles. The van der Waals surface area contributed by atoms with Crippen LogP contribution < -0.4 is 5.56 Å². The second-order valence-electron chi connectivity index (χ2n) is 5.99. The quantitative estimate of drug-likeness (QED) is 0.722. The van der Waals surface area contributed by atoms with E-state index in [4.69, 9.17) is 9.26 Å². The fourth-order valence-corrected chi connectivity index (χ4v) is 4.26. The Bertz CT molecular complexity index is 943. The SMILES string of the molecule is COC(C)c1noc(Cn2cnc3sc4c(c3c2=O)CCCC4)n1. The highest BCUT2D eigenvalue weighted by atomic mass is 32.1. The van der Waals surface area contributed by atoms with Gasteiger partial charge in [-0.15, -0.1) is 11.3 Å². The molecule has 1 unspecified atom stereocenters. The Hall–Kier alpha value is -2.06. The molecule has 1 atom stereocenters. The fourth-order valence-electron chi connectivity index (χ4n) is 3.04. The van der Waals surface area contributed by atoms with Gasteiger partial charge in [-0.05, 0) is 38.2 Å². The lowest BCUT2D eigenvalue weighted by Gasteiger charge is -2.10. The molecule has 0 fully saturated rings. The fraction of sp³-hybridized carbons (Fsp3) is 0.500. The number of ether oxygens (including phenoxy) is 1. The summed E-state index contributed by atoms with van der Waals surface area (Å²) in [7, 11) is 1.59. The summed E-state index contributed by atoms with van der Waals surface area (Å²) in [4.78, 5) is 23.8. The standard InChI is InChI=1S/C16H18N4O3S/c1-9(22-2)14-18-12(23-19-14)7-20-8-17-15-13(16(20)21)10-5-3-4-6-11(10)24-15/h8-9H,3-7H2,1-2H3. The first-order valence-corrected chi connectivity index (χ1v) is 8.84. The molecule has 3 aromatic rings. The lowest BCUT2D eigenvalue weighted by Crippen LogP contribution is -2.22. The van der Waals surface area contributed by atoms with Crippen molar-refractivity contribution >= 4 is 21.6 Å². The molecule has 4 rings (SSSR count). The maximum atomic E-state index is 12.9. The number of thiophene rings is 1. The van der Waals surface area contributed by atoms with E-state index in [2.05, 4.69) is 15.1 Å². The van der Waals surface area contributed by atoms with Crippen molar-refractivity contribution in [1.29, 1.82) is 0 Å². The van der Waals surface area contributed by atoms with Crippen LogP contribution in [-0.2, 0) is 24.1 Å². The highest BCUT2D eigenvalue weighted by molar-refractivity contribution is 7.18. The van der Waals surface area contributed by atoms with Crippen LogP contribution in [0.1, 0.15) is 48.0 Å². The third-order valence-electron chi connectivity index (χ3n) is 4.45. The smallest absolute Gasteiger partial charge is 0.262 e. The summed E-state index contributed by atoms with van der Waals surface area (Å²) < 4.78 is 11.9. The molecule has 0 saturated carbocycles. The average Bonchev–Trinajstić information content (AvgIpc) is 3.21. The Labute approximate surface area is 142 Å². The van der Waals surface area contributed by atoms with Crippen molar-refractivity contribution in [2.45, 2.75) is 45.3 Å². The molecule has 1 aliphatic rings. The maximum absolute atomic E-state index is 12.9. The molecule has 1 aliphatic carbocycles. The van der Waals surface area contributed by atoms with E-state index in [1.54, 1.807) is 29.3 Å². The number of nitrogens with zero attached hydrogens (tertiary/aromatic N) is 4. The van der Waals surface area contributed by atoms with Gasteiger partial charge in [-0.2, -0.15) is 4.98 Å². The Balaban J connectivity index is 1.71. The summed E-state index contributed by atoms with van der Waals surface area (Å²) in [6, 6.07) is 0. The van der Waals surface area contributed by atoms with Gasteiger partial charge in [-0.25, -0.2) is 4.98 Å². The molecular weight excluding hydrogens is 328 g/mol. The second kappa shape index (κ2) is 6.10. The molecule has 24 heavy (non-hydrogen) atoms. The zero-order chi connectivity index (χ0) is 16.7. The highest BCUT2D eigenvalue weighted by Crippen LogP contribution is 2.33. The molecule has 0 aliphatic heterocycles. The van der Waals surface area contributed by atoms with Gasteiger partial charge in [-0.3, -0.25) is 9.36 Å². The normalized spacial score (nSPS) is 15.6. The van der Waals surface area contributed by atoms with Crippen LogP contribution in [0.5, 0.6) is 0 Å². The van der Waals surface area contributed by atoms with E-state index in [1.165, 1.54) is 16.9 Å². The van der Waals surface area contributed by atoms with Crippen LogP contribution >= 0.6 is 11.3 Å². The largest absolute Gasteiger partial charge is 0.374 e. The Morgan fingerprint density at radius 1 is 1.42 bits per heavy atom. The van der Waals surface area contributed by atoms with Crippen molar-refractivity contribution in [3.8, 4) is 0 Å². The van der Waals surface area contributed by atoms with Crippen LogP contribution in [0.2, 0.25) is 0 Å². The number of hydrogen-bond acceptors (Lipinski definition) is 7.